The predicted octanol–water partition coefficient (Wildman–Crippen LogP) is 2.18. The molecule has 0 saturated carbocycles. The smallest absolute Gasteiger partial charge is 0.257 e. The Labute approximate surface area is 110 Å². The third-order valence-corrected chi connectivity index (χ3v) is 2.92. The van der Waals surface area contributed by atoms with E-state index >= 15 is 0 Å². The van der Waals surface area contributed by atoms with Gasteiger partial charge in [0.2, 0.25) is 0 Å². The molecular weight excluding hydrogens is 240 g/mol. The molecule has 0 saturated heterocycles. The molecular formula is C14H14N4O. The number of hydrogen-bond donors (Lipinski definition) is 1. The van der Waals surface area contributed by atoms with Crippen molar-refractivity contribution in [2.45, 2.75) is 12.8 Å². The molecule has 0 amide bonds. The molecule has 0 fully saturated rings. The van der Waals surface area contributed by atoms with Crippen LogP contribution < -0.4 is 5.73 Å². The second kappa shape index (κ2) is 5.16. The Kier molecular flexibility index (Phi) is 3.20. The van der Waals surface area contributed by atoms with E-state index in [2.05, 4.69) is 15.1 Å². The highest BCUT2D eigenvalue weighted by Gasteiger charge is 2.09. The third kappa shape index (κ3) is 2.46. The largest absolute Gasteiger partial charge is 0.334 e. The van der Waals surface area contributed by atoms with Gasteiger partial charge in [0.15, 0.2) is 5.82 Å². The maximum atomic E-state index is 5.46. The molecule has 0 radical (unpaired) electrons. The van der Waals surface area contributed by atoms with Gasteiger partial charge in [-0.15, -0.1) is 0 Å². The molecule has 0 aliphatic carbocycles. The highest BCUT2D eigenvalue weighted by Crippen LogP contribution is 2.22. The van der Waals surface area contributed by atoms with Gasteiger partial charge in [-0.2, -0.15) is 4.98 Å². The Morgan fingerprint density at radius 3 is 3.05 bits per heavy atom. The summed E-state index contributed by atoms with van der Waals surface area (Å²) in [7, 11) is 0. The zero-order chi connectivity index (χ0) is 13.1. The first kappa shape index (κ1) is 11.8. The number of aryl methyl sites for hydroxylation is 1. The van der Waals surface area contributed by atoms with E-state index in [0.29, 0.717) is 18.3 Å². The van der Waals surface area contributed by atoms with Crippen LogP contribution in [0.2, 0.25) is 0 Å². The zero-order valence-corrected chi connectivity index (χ0v) is 10.4. The molecule has 2 heterocycles. The summed E-state index contributed by atoms with van der Waals surface area (Å²) in [6.45, 7) is 0.630. The van der Waals surface area contributed by atoms with E-state index < -0.39 is 0 Å². The average molecular weight is 254 g/mol. The van der Waals surface area contributed by atoms with Crippen molar-refractivity contribution in [1.82, 2.24) is 15.1 Å². The molecule has 0 unspecified atom stereocenters. The number of rotatable bonds is 4. The molecule has 0 atom stereocenters. The van der Waals surface area contributed by atoms with Gasteiger partial charge in [-0.05, 0) is 37.2 Å². The molecule has 5 nitrogen and oxygen atoms in total. The molecule has 0 spiro atoms. The van der Waals surface area contributed by atoms with Gasteiger partial charge in [0.1, 0.15) is 0 Å². The van der Waals surface area contributed by atoms with Crippen LogP contribution >= 0.6 is 0 Å². The first-order chi connectivity index (χ1) is 9.36. The number of pyridine rings is 1. The fraction of sp³-hybridized carbons (Fsp3) is 0.214. The average Bonchev–Trinajstić information content (AvgIpc) is 2.93. The molecule has 2 aromatic heterocycles. The topological polar surface area (TPSA) is 77.8 Å². The Balaban J connectivity index is 1.92. The second-order valence-corrected chi connectivity index (χ2v) is 4.32. The first-order valence-electron chi connectivity index (χ1n) is 6.24. The zero-order valence-electron chi connectivity index (χ0n) is 10.4. The predicted molar refractivity (Wildman–Crippen MR) is 72.4 cm³/mol. The van der Waals surface area contributed by atoms with E-state index in [1.165, 1.54) is 0 Å². The normalized spacial score (nSPS) is 11.0. The van der Waals surface area contributed by atoms with Crippen molar-refractivity contribution in [3.63, 3.8) is 0 Å². The van der Waals surface area contributed by atoms with Gasteiger partial charge in [-0.1, -0.05) is 11.2 Å². The Hall–Kier alpha value is -2.27. The van der Waals surface area contributed by atoms with Crippen molar-refractivity contribution >= 4 is 10.9 Å². The SMILES string of the molecule is NCCCc1noc(-c2ccc3ncccc3c2)n1. The minimum Gasteiger partial charge on any atom is -0.334 e. The number of nitrogens with zero attached hydrogens (tertiary/aromatic N) is 3. The molecule has 2 N–H and O–H groups in total. The standard InChI is InChI=1S/C14H14N4O/c15-7-1-4-13-17-14(19-18-13)11-5-6-12-10(9-11)3-2-8-16-12/h2-3,5-6,8-9H,1,4,7,15H2. The van der Waals surface area contributed by atoms with Gasteiger partial charge in [0.25, 0.3) is 5.89 Å². The van der Waals surface area contributed by atoms with Gasteiger partial charge in [-0.25, -0.2) is 0 Å². The first-order valence-corrected chi connectivity index (χ1v) is 6.24. The van der Waals surface area contributed by atoms with Crippen LogP contribution in [0.4, 0.5) is 0 Å². The number of hydrogen-bond acceptors (Lipinski definition) is 5. The van der Waals surface area contributed by atoms with Crippen molar-refractivity contribution in [1.29, 1.82) is 0 Å². The van der Waals surface area contributed by atoms with E-state index in [1.54, 1.807) is 6.20 Å². The van der Waals surface area contributed by atoms with Crippen molar-refractivity contribution in [3.8, 4) is 11.5 Å². The summed E-state index contributed by atoms with van der Waals surface area (Å²) in [5.74, 6) is 1.24. The summed E-state index contributed by atoms with van der Waals surface area (Å²) >= 11 is 0. The van der Waals surface area contributed by atoms with Crippen molar-refractivity contribution in [2.75, 3.05) is 6.54 Å². The maximum absolute atomic E-state index is 5.46. The molecule has 0 aliphatic heterocycles. The van der Waals surface area contributed by atoms with Crippen LogP contribution in [0.5, 0.6) is 0 Å². The van der Waals surface area contributed by atoms with Gasteiger partial charge in [0.05, 0.1) is 5.52 Å². The van der Waals surface area contributed by atoms with Crippen molar-refractivity contribution in [2.24, 2.45) is 5.73 Å². The number of benzene rings is 1. The van der Waals surface area contributed by atoms with E-state index in [1.807, 2.05) is 30.3 Å². The van der Waals surface area contributed by atoms with Crippen LogP contribution in [0.1, 0.15) is 12.2 Å². The molecule has 0 bridgehead atoms. The molecule has 5 heteroatoms. The molecule has 3 rings (SSSR count). The van der Waals surface area contributed by atoms with E-state index in [9.17, 15) is 0 Å². The maximum Gasteiger partial charge on any atom is 0.257 e. The third-order valence-electron chi connectivity index (χ3n) is 2.92. The lowest BCUT2D eigenvalue weighted by Crippen LogP contribution is -2.01. The second-order valence-electron chi connectivity index (χ2n) is 4.32. The highest BCUT2D eigenvalue weighted by molar-refractivity contribution is 5.82. The van der Waals surface area contributed by atoms with Crippen molar-refractivity contribution in [3.05, 3.63) is 42.4 Å². The summed E-state index contributed by atoms with van der Waals surface area (Å²) in [5.41, 5.74) is 7.33. The monoisotopic (exact) mass is 254 g/mol. The van der Waals surface area contributed by atoms with Crippen molar-refractivity contribution < 1.29 is 4.52 Å². The molecule has 3 aromatic rings. The number of nitrogens with two attached hydrogens (primary N) is 1. The summed E-state index contributed by atoms with van der Waals surface area (Å²) in [6, 6.07) is 9.82. The summed E-state index contributed by atoms with van der Waals surface area (Å²) in [4.78, 5) is 8.65. The lowest BCUT2D eigenvalue weighted by molar-refractivity contribution is 0.422. The van der Waals surface area contributed by atoms with Gasteiger partial charge >= 0.3 is 0 Å². The molecule has 1 aromatic carbocycles. The minimum absolute atomic E-state index is 0.540. The van der Waals surface area contributed by atoms with Crippen LogP contribution in [0.15, 0.2) is 41.1 Å². The highest BCUT2D eigenvalue weighted by atomic mass is 16.5. The van der Waals surface area contributed by atoms with Gasteiger partial charge < -0.3 is 10.3 Å². The van der Waals surface area contributed by atoms with Crippen LogP contribution in [0.3, 0.4) is 0 Å². The fourth-order valence-electron chi connectivity index (χ4n) is 1.94. The molecule has 0 aliphatic rings. The summed E-state index contributed by atoms with van der Waals surface area (Å²) in [5, 5.41) is 5.01. The van der Waals surface area contributed by atoms with Crippen LogP contribution in [0, 0.1) is 0 Å². The minimum atomic E-state index is 0.540. The Bertz CT molecular complexity index is 692. The van der Waals surface area contributed by atoms with Crippen LogP contribution in [-0.4, -0.2) is 21.7 Å². The summed E-state index contributed by atoms with van der Waals surface area (Å²) < 4.78 is 5.27. The van der Waals surface area contributed by atoms with Gasteiger partial charge in [-0.3, -0.25) is 4.98 Å². The van der Waals surface area contributed by atoms with E-state index in [-0.39, 0.29) is 0 Å². The van der Waals surface area contributed by atoms with Crippen LogP contribution in [0.25, 0.3) is 22.4 Å². The fourth-order valence-corrected chi connectivity index (χ4v) is 1.94. The van der Waals surface area contributed by atoms with Gasteiger partial charge in [0, 0.05) is 23.6 Å². The van der Waals surface area contributed by atoms with E-state index in [0.717, 1.165) is 29.3 Å². The molecule has 19 heavy (non-hydrogen) atoms. The lowest BCUT2D eigenvalue weighted by atomic mass is 10.1. The quantitative estimate of drug-likeness (QED) is 0.772. The van der Waals surface area contributed by atoms with E-state index in [4.69, 9.17) is 10.3 Å². The number of aromatic nitrogens is 3. The Morgan fingerprint density at radius 1 is 1.21 bits per heavy atom. The Morgan fingerprint density at radius 2 is 2.16 bits per heavy atom. The lowest BCUT2D eigenvalue weighted by Gasteiger charge is -1.98. The van der Waals surface area contributed by atoms with Crippen LogP contribution in [-0.2, 0) is 6.42 Å². The number of fused-ring (bicyclic) bond motifs is 1. The summed E-state index contributed by atoms with van der Waals surface area (Å²) in [6.07, 6.45) is 3.38. The molecule has 96 valence electrons.